The highest BCUT2D eigenvalue weighted by Crippen LogP contribution is 2.24. The Labute approximate surface area is 165 Å². The van der Waals surface area contributed by atoms with E-state index in [-0.39, 0.29) is 17.2 Å². The maximum Gasteiger partial charge on any atom is 0.332 e. The number of nitrogens with zero attached hydrogens (tertiary/aromatic N) is 4. The van der Waals surface area contributed by atoms with Gasteiger partial charge >= 0.3 is 5.69 Å². The first-order valence-electron chi connectivity index (χ1n) is 9.95. The summed E-state index contributed by atoms with van der Waals surface area (Å²) in [5.74, 6) is 1.22. The smallest absolute Gasteiger partial charge is 0.332 e. The number of carbonyl (C=O) groups excluding carboxylic acids is 1. The molecule has 28 heavy (non-hydrogen) atoms. The second kappa shape index (κ2) is 7.53. The normalized spacial score (nSPS) is 20.0. The van der Waals surface area contributed by atoms with Gasteiger partial charge in [0.15, 0.2) is 0 Å². The van der Waals surface area contributed by atoms with Gasteiger partial charge in [0.05, 0.1) is 5.39 Å². The third-order valence-electron chi connectivity index (χ3n) is 5.98. The van der Waals surface area contributed by atoms with Gasteiger partial charge in [-0.25, -0.2) is 9.78 Å². The van der Waals surface area contributed by atoms with Gasteiger partial charge in [-0.3, -0.25) is 18.7 Å². The van der Waals surface area contributed by atoms with Crippen LogP contribution >= 0.6 is 0 Å². The minimum atomic E-state index is -0.389. The number of hydrogen-bond donors (Lipinski definition) is 0. The van der Waals surface area contributed by atoms with E-state index in [2.05, 4.69) is 18.8 Å². The van der Waals surface area contributed by atoms with E-state index in [9.17, 15) is 14.4 Å². The molecule has 2 aromatic heterocycles. The lowest BCUT2D eigenvalue weighted by Crippen LogP contribution is -2.42. The third kappa shape index (κ3) is 3.50. The van der Waals surface area contributed by atoms with Crippen LogP contribution in [0.2, 0.25) is 0 Å². The van der Waals surface area contributed by atoms with E-state index in [1.807, 2.05) is 18.7 Å². The molecule has 152 valence electrons. The molecular formula is C21H30N4O3. The molecule has 1 saturated heterocycles. The van der Waals surface area contributed by atoms with Crippen molar-refractivity contribution in [3.05, 3.63) is 37.7 Å². The molecule has 1 fully saturated rings. The van der Waals surface area contributed by atoms with Crippen molar-refractivity contribution in [2.75, 3.05) is 13.1 Å². The van der Waals surface area contributed by atoms with E-state index in [1.54, 1.807) is 7.05 Å². The number of aryl methyl sites for hydroxylation is 3. The minimum Gasteiger partial charge on any atom is -0.342 e. The molecule has 1 aliphatic rings. The van der Waals surface area contributed by atoms with E-state index in [1.165, 1.54) is 18.0 Å². The second-order valence-electron chi connectivity index (χ2n) is 8.45. The maximum atomic E-state index is 12.8. The molecule has 2 atom stereocenters. The van der Waals surface area contributed by atoms with E-state index >= 15 is 0 Å². The van der Waals surface area contributed by atoms with E-state index in [4.69, 9.17) is 0 Å². The summed E-state index contributed by atoms with van der Waals surface area (Å²) in [7, 11) is 3.10. The van der Waals surface area contributed by atoms with Crippen LogP contribution in [0.5, 0.6) is 0 Å². The predicted molar refractivity (Wildman–Crippen MR) is 110 cm³/mol. The Bertz CT molecular complexity index is 1040. The van der Waals surface area contributed by atoms with E-state index < -0.39 is 0 Å². The first kappa shape index (κ1) is 20.3. The summed E-state index contributed by atoms with van der Waals surface area (Å²) in [6, 6.07) is 0. The minimum absolute atomic E-state index is 0.158. The van der Waals surface area contributed by atoms with Crippen LogP contribution in [-0.2, 0) is 25.3 Å². The van der Waals surface area contributed by atoms with Gasteiger partial charge in [0, 0.05) is 39.3 Å². The van der Waals surface area contributed by atoms with Crippen LogP contribution in [0.1, 0.15) is 43.5 Å². The number of aromatic nitrogens is 3. The van der Waals surface area contributed by atoms with Gasteiger partial charge in [-0.2, -0.15) is 0 Å². The Morgan fingerprint density at radius 1 is 1.07 bits per heavy atom. The molecule has 0 N–H and O–H groups in total. The topological polar surface area (TPSA) is 77.2 Å². The van der Waals surface area contributed by atoms with Crippen molar-refractivity contribution in [1.82, 2.24) is 19.0 Å². The third-order valence-corrected chi connectivity index (χ3v) is 5.98. The molecule has 7 nitrogen and oxygen atoms in total. The summed E-state index contributed by atoms with van der Waals surface area (Å²) in [5.41, 5.74) is 2.18. The molecule has 0 spiro atoms. The van der Waals surface area contributed by atoms with Crippen LogP contribution in [0.3, 0.4) is 0 Å². The summed E-state index contributed by atoms with van der Waals surface area (Å²) in [5, 5.41) is 0.456. The Kier molecular flexibility index (Phi) is 5.46. The Balaban J connectivity index is 1.93. The number of carbonyl (C=O) groups is 1. The lowest BCUT2D eigenvalue weighted by molar-refractivity contribution is -0.133. The van der Waals surface area contributed by atoms with Gasteiger partial charge in [0.1, 0.15) is 5.65 Å². The summed E-state index contributed by atoms with van der Waals surface area (Å²) in [6.45, 7) is 9.78. The van der Waals surface area contributed by atoms with Crippen LogP contribution < -0.4 is 11.2 Å². The zero-order valence-corrected chi connectivity index (χ0v) is 17.7. The first-order valence-corrected chi connectivity index (χ1v) is 9.95. The van der Waals surface area contributed by atoms with E-state index in [0.29, 0.717) is 35.7 Å². The number of rotatable bonds is 3. The van der Waals surface area contributed by atoms with Crippen molar-refractivity contribution in [1.29, 1.82) is 0 Å². The van der Waals surface area contributed by atoms with Crippen molar-refractivity contribution >= 4 is 16.9 Å². The van der Waals surface area contributed by atoms with Crippen LogP contribution in [-0.4, -0.2) is 38.0 Å². The van der Waals surface area contributed by atoms with Gasteiger partial charge in [-0.05, 0) is 49.7 Å². The molecule has 2 unspecified atom stereocenters. The van der Waals surface area contributed by atoms with Crippen LogP contribution in [0.4, 0.5) is 0 Å². The maximum absolute atomic E-state index is 12.8. The fraction of sp³-hybridized carbons (Fsp3) is 0.619. The Morgan fingerprint density at radius 3 is 2.29 bits per heavy atom. The SMILES string of the molecule is Cc1nc2c(c(C)c1CCC(=O)N1CC(C)CC(C)C1)c(=O)n(C)c(=O)n2C. The molecular weight excluding hydrogens is 356 g/mol. The van der Waals surface area contributed by atoms with Crippen molar-refractivity contribution in [3.8, 4) is 0 Å². The fourth-order valence-corrected chi connectivity index (χ4v) is 4.57. The number of fused-ring (bicyclic) bond motifs is 1. The molecule has 1 aliphatic heterocycles. The summed E-state index contributed by atoms with van der Waals surface area (Å²) >= 11 is 0. The molecule has 1 amide bonds. The van der Waals surface area contributed by atoms with Gasteiger partial charge in [0.25, 0.3) is 5.56 Å². The standard InChI is InChI=1S/C21H30N4O3/c1-12-9-13(2)11-25(10-12)17(26)8-7-16-14(3)18-19(22-15(16)4)23(5)21(28)24(6)20(18)27/h12-13H,7-11H2,1-6H3. The Morgan fingerprint density at radius 2 is 1.68 bits per heavy atom. The van der Waals surface area contributed by atoms with Crippen molar-refractivity contribution < 1.29 is 4.79 Å². The largest absolute Gasteiger partial charge is 0.342 e. The molecule has 0 aliphatic carbocycles. The van der Waals surface area contributed by atoms with Crippen LogP contribution in [0.25, 0.3) is 11.0 Å². The van der Waals surface area contributed by atoms with Crippen LogP contribution in [0, 0.1) is 25.7 Å². The number of hydrogen-bond acceptors (Lipinski definition) is 4. The highest BCUT2D eigenvalue weighted by molar-refractivity contribution is 5.81. The van der Waals surface area contributed by atoms with Crippen molar-refractivity contribution in [2.24, 2.45) is 25.9 Å². The average molecular weight is 386 g/mol. The van der Waals surface area contributed by atoms with Crippen LogP contribution in [0.15, 0.2) is 9.59 Å². The molecule has 3 heterocycles. The lowest BCUT2D eigenvalue weighted by atomic mass is 9.91. The molecule has 3 rings (SSSR count). The highest BCUT2D eigenvalue weighted by atomic mass is 16.2. The zero-order valence-electron chi connectivity index (χ0n) is 17.7. The first-order chi connectivity index (χ1) is 13.1. The van der Waals surface area contributed by atoms with Gasteiger partial charge in [0.2, 0.25) is 5.91 Å². The summed E-state index contributed by atoms with van der Waals surface area (Å²) in [4.78, 5) is 44.1. The van der Waals surface area contributed by atoms with Crippen molar-refractivity contribution in [2.45, 2.75) is 47.0 Å². The molecule has 0 radical (unpaired) electrons. The number of piperidine rings is 1. The lowest BCUT2D eigenvalue weighted by Gasteiger charge is -2.35. The molecule has 2 aromatic rings. The molecule has 7 heteroatoms. The molecule has 0 bridgehead atoms. The monoisotopic (exact) mass is 386 g/mol. The summed E-state index contributed by atoms with van der Waals surface area (Å²) in [6.07, 6.45) is 2.11. The molecule has 0 saturated carbocycles. The van der Waals surface area contributed by atoms with Gasteiger partial charge in [-0.1, -0.05) is 13.8 Å². The number of pyridine rings is 1. The quantitative estimate of drug-likeness (QED) is 0.804. The van der Waals surface area contributed by atoms with Gasteiger partial charge in [-0.15, -0.1) is 0 Å². The fourth-order valence-electron chi connectivity index (χ4n) is 4.57. The molecule has 0 aromatic carbocycles. The van der Waals surface area contributed by atoms with E-state index in [0.717, 1.165) is 34.5 Å². The number of likely N-dealkylation sites (tertiary alicyclic amines) is 1. The van der Waals surface area contributed by atoms with Crippen molar-refractivity contribution in [3.63, 3.8) is 0 Å². The number of amides is 1. The average Bonchev–Trinajstić information content (AvgIpc) is 2.63. The summed E-state index contributed by atoms with van der Waals surface area (Å²) < 4.78 is 2.51. The predicted octanol–water partition coefficient (Wildman–Crippen LogP) is 1.69. The Hall–Kier alpha value is -2.44. The second-order valence-corrected chi connectivity index (χ2v) is 8.45. The highest BCUT2D eigenvalue weighted by Gasteiger charge is 2.25. The van der Waals surface area contributed by atoms with Gasteiger partial charge < -0.3 is 4.90 Å². The zero-order chi connectivity index (χ0) is 20.7.